The number of carbonyl (C=O) groups excluding carboxylic acids is 1. The Morgan fingerprint density at radius 2 is 2.18 bits per heavy atom. The highest BCUT2D eigenvalue weighted by molar-refractivity contribution is 5.84. The van der Waals surface area contributed by atoms with E-state index in [9.17, 15) is 4.79 Å². The van der Waals surface area contributed by atoms with Gasteiger partial charge < -0.3 is 14.2 Å². The molecule has 0 bridgehead atoms. The van der Waals surface area contributed by atoms with E-state index in [-0.39, 0.29) is 11.6 Å². The third kappa shape index (κ3) is 0.636. The van der Waals surface area contributed by atoms with Crippen molar-refractivity contribution >= 4 is 5.97 Å². The highest BCUT2D eigenvalue weighted by Gasteiger charge is 2.76. The summed E-state index contributed by atoms with van der Waals surface area (Å²) in [6, 6.07) is 0. The van der Waals surface area contributed by atoms with E-state index in [1.807, 2.05) is 0 Å². The number of methoxy groups -OCH3 is 1. The lowest BCUT2D eigenvalue weighted by molar-refractivity contribution is -0.146. The maximum atomic E-state index is 11.1. The second kappa shape index (κ2) is 1.76. The molecular weight excluding hydrogens is 148 g/mol. The van der Waals surface area contributed by atoms with E-state index in [1.165, 1.54) is 7.11 Å². The molecule has 4 nitrogen and oxygen atoms in total. The van der Waals surface area contributed by atoms with Gasteiger partial charge in [0.1, 0.15) is 0 Å². The third-order valence-electron chi connectivity index (χ3n) is 2.47. The van der Waals surface area contributed by atoms with Crippen LogP contribution in [0, 0.1) is 0 Å². The molecule has 0 aromatic rings. The summed E-state index contributed by atoms with van der Waals surface area (Å²) in [6.07, 6.45) is 0. The van der Waals surface area contributed by atoms with Gasteiger partial charge in [-0.3, -0.25) is 0 Å². The lowest BCUT2D eigenvalue weighted by Crippen LogP contribution is -2.46. The van der Waals surface area contributed by atoms with Crippen LogP contribution < -0.4 is 0 Å². The van der Waals surface area contributed by atoms with E-state index in [2.05, 4.69) is 4.74 Å². The summed E-state index contributed by atoms with van der Waals surface area (Å²) in [6.45, 7) is 2.76. The highest BCUT2D eigenvalue weighted by atomic mass is 16.7. The van der Waals surface area contributed by atoms with Gasteiger partial charge in [-0.2, -0.15) is 0 Å². The second-order valence-corrected chi connectivity index (χ2v) is 3.11. The standard InChI is InChI=1S/C7H10O4/c1-6(5(8)9-2)7(11-6)3-10-4-7/h3-4H2,1-2H3. The topological polar surface area (TPSA) is 48.1 Å². The van der Waals surface area contributed by atoms with E-state index >= 15 is 0 Å². The Bertz CT molecular complexity index is 208. The van der Waals surface area contributed by atoms with Crippen LogP contribution in [0.5, 0.6) is 0 Å². The van der Waals surface area contributed by atoms with Gasteiger partial charge in [-0.15, -0.1) is 0 Å². The molecule has 2 heterocycles. The Labute approximate surface area is 64.4 Å². The molecule has 0 aromatic heterocycles. The summed E-state index contributed by atoms with van der Waals surface area (Å²) in [7, 11) is 1.36. The van der Waals surface area contributed by atoms with Crippen molar-refractivity contribution in [3.8, 4) is 0 Å². The normalized spacial score (nSPS) is 38.0. The van der Waals surface area contributed by atoms with Crippen LogP contribution in [0.1, 0.15) is 6.92 Å². The van der Waals surface area contributed by atoms with Crippen molar-refractivity contribution < 1.29 is 19.0 Å². The summed E-state index contributed by atoms with van der Waals surface area (Å²) >= 11 is 0. The Hall–Kier alpha value is -0.610. The summed E-state index contributed by atoms with van der Waals surface area (Å²) in [5, 5.41) is 0. The molecule has 1 unspecified atom stereocenters. The lowest BCUT2D eigenvalue weighted by atomic mass is 9.93. The van der Waals surface area contributed by atoms with Crippen molar-refractivity contribution in [2.45, 2.75) is 18.1 Å². The van der Waals surface area contributed by atoms with Crippen LogP contribution in [0.2, 0.25) is 0 Å². The predicted molar refractivity (Wildman–Crippen MR) is 35.1 cm³/mol. The van der Waals surface area contributed by atoms with Gasteiger partial charge >= 0.3 is 5.97 Å². The van der Waals surface area contributed by atoms with E-state index in [1.54, 1.807) is 6.92 Å². The summed E-state index contributed by atoms with van der Waals surface area (Å²) < 4.78 is 14.8. The largest absolute Gasteiger partial charge is 0.467 e. The van der Waals surface area contributed by atoms with E-state index in [0.717, 1.165) is 0 Å². The summed E-state index contributed by atoms with van der Waals surface area (Å²) in [5.41, 5.74) is -1.08. The minimum absolute atomic E-state index is 0.305. The molecule has 1 spiro atoms. The van der Waals surface area contributed by atoms with Crippen LogP contribution in [-0.4, -0.2) is 37.5 Å². The molecule has 2 aliphatic heterocycles. The van der Waals surface area contributed by atoms with E-state index in [0.29, 0.717) is 13.2 Å². The number of ether oxygens (including phenoxy) is 3. The Kier molecular flexibility index (Phi) is 1.13. The molecule has 0 radical (unpaired) electrons. The van der Waals surface area contributed by atoms with Gasteiger partial charge in [0, 0.05) is 0 Å². The van der Waals surface area contributed by atoms with E-state index in [4.69, 9.17) is 9.47 Å². The van der Waals surface area contributed by atoms with E-state index < -0.39 is 5.60 Å². The molecule has 2 saturated heterocycles. The van der Waals surface area contributed by atoms with Crippen LogP contribution in [0.15, 0.2) is 0 Å². The fourth-order valence-corrected chi connectivity index (χ4v) is 1.41. The number of esters is 1. The van der Waals surface area contributed by atoms with Gasteiger partial charge in [0.2, 0.25) is 0 Å². The lowest BCUT2D eigenvalue weighted by Gasteiger charge is -2.24. The zero-order chi connectivity index (χ0) is 8.11. The number of hydrogen-bond acceptors (Lipinski definition) is 4. The molecule has 0 N–H and O–H groups in total. The van der Waals surface area contributed by atoms with Crippen molar-refractivity contribution in [2.75, 3.05) is 20.3 Å². The molecule has 2 fully saturated rings. The first-order valence-corrected chi connectivity index (χ1v) is 3.51. The SMILES string of the molecule is COC(=O)C1(C)OC12COC2. The first-order valence-electron chi connectivity index (χ1n) is 3.51. The Morgan fingerprint density at radius 3 is 2.45 bits per heavy atom. The van der Waals surface area contributed by atoms with Crippen LogP contribution in [0.3, 0.4) is 0 Å². The van der Waals surface area contributed by atoms with Crippen molar-refractivity contribution in [1.82, 2.24) is 0 Å². The third-order valence-corrected chi connectivity index (χ3v) is 2.47. The maximum absolute atomic E-state index is 11.1. The average molecular weight is 158 g/mol. The van der Waals surface area contributed by atoms with Gasteiger partial charge in [-0.1, -0.05) is 0 Å². The number of epoxide rings is 1. The monoisotopic (exact) mass is 158 g/mol. The quantitative estimate of drug-likeness (QED) is 0.389. The molecule has 2 rings (SSSR count). The molecule has 11 heavy (non-hydrogen) atoms. The van der Waals surface area contributed by atoms with Crippen molar-refractivity contribution in [3.63, 3.8) is 0 Å². The van der Waals surface area contributed by atoms with Crippen LogP contribution in [0.25, 0.3) is 0 Å². The fraction of sp³-hybridized carbons (Fsp3) is 0.857. The Balaban J connectivity index is 2.10. The molecule has 0 amide bonds. The minimum Gasteiger partial charge on any atom is -0.467 e. The average Bonchev–Trinajstić information content (AvgIpc) is 2.56. The van der Waals surface area contributed by atoms with Gasteiger partial charge in [-0.05, 0) is 6.92 Å². The zero-order valence-corrected chi connectivity index (χ0v) is 6.55. The van der Waals surface area contributed by atoms with Crippen molar-refractivity contribution in [1.29, 1.82) is 0 Å². The highest BCUT2D eigenvalue weighted by Crippen LogP contribution is 2.53. The van der Waals surface area contributed by atoms with Gasteiger partial charge in [0.25, 0.3) is 0 Å². The number of rotatable bonds is 1. The molecule has 0 saturated carbocycles. The summed E-state index contributed by atoms with van der Waals surface area (Å²) in [5.74, 6) is -0.305. The van der Waals surface area contributed by atoms with Gasteiger partial charge in [-0.25, -0.2) is 4.79 Å². The first kappa shape index (κ1) is 7.06. The fourth-order valence-electron chi connectivity index (χ4n) is 1.41. The first-order chi connectivity index (χ1) is 5.15. The van der Waals surface area contributed by atoms with Crippen molar-refractivity contribution in [3.05, 3.63) is 0 Å². The minimum atomic E-state index is -0.736. The van der Waals surface area contributed by atoms with Crippen LogP contribution in [0.4, 0.5) is 0 Å². The predicted octanol–water partition coefficient (Wildman–Crippen LogP) is -0.283. The number of carbonyl (C=O) groups is 1. The second-order valence-electron chi connectivity index (χ2n) is 3.11. The molecule has 2 aliphatic rings. The van der Waals surface area contributed by atoms with Crippen LogP contribution >= 0.6 is 0 Å². The zero-order valence-electron chi connectivity index (χ0n) is 6.55. The smallest absolute Gasteiger partial charge is 0.341 e. The van der Waals surface area contributed by atoms with Gasteiger partial charge in [0.15, 0.2) is 11.2 Å². The molecule has 1 atom stereocenters. The molecule has 62 valence electrons. The number of hydrogen-bond donors (Lipinski definition) is 0. The van der Waals surface area contributed by atoms with Crippen LogP contribution in [-0.2, 0) is 19.0 Å². The molecule has 0 aliphatic carbocycles. The Morgan fingerprint density at radius 1 is 1.55 bits per heavy atom. The molecular formula is C7H10O4. The molecule has 4 heteroatoms. The molecule has 0 aromatic carbocycles. The van der Waals surface area contributed by atoms with Crippen molar-refractivity contribution in [2.24, 2.45) is 0 Å². The maximum Gasteiger partial charge on any atom is 0.341 e. The van der Waals surface area contributed by atoms with Gasteiger partial charge in [0.05, 0.1) is 20.3 Å². The summed E-state index contributed by atoms with van der Waals surface area (Å²) in [4.78, 5) is 11.1.